The fourth-order valence-electron chi connectivity index (χ4n) is 2.52. The Labute approximate surface area is 155 Å². The quantitative estimate of drug-likeness (QED) is 0.320. The number of fused-ring (bicyclic) bond motifs is 1. The molecule has 0 saturated carbocycles. The molecule has 3 rings (SSSR count). The highest BCUT2D eigenvalue weighted by Crippen LogP contribution is 2.29. The summed E-state index contributed by atoms with van der Waals surface area (Å²) in [6.45, 7) is 0. The lowest BCUT2D eigenvalue weighted by Crippen LogP contribution is -2.05. The lowest BCUT2D eigenvalue weighted by Gasteiger charge is -2.10. The Hall–Kier alpha value is -2.59. The fourth-order valence-corrected chi connectivity index (χ4v) is 2.91. The molecule has 25 heavy (non-hydrogen) atoms. The van der Waals surface area contributed by atoms with Crippen molar-refractivity contribution >= 4 is 38.7 Å². The van der Waals surface area contributed by atoms with Crippen LogP contribution in [0.25, 0.3) is 16.8 Å². The molecular formula is C21H17BrO3. The highest BCUT2D eigenvalue weighted by atomic mass is 79.9. The predicted octanol–water partition coefficient (Wildman–Crippen LogP) is 5.58. The maximum Gasteiger partial charge on any atom is 0.334 e. The van der Waals surface area contributed by atoms with Crippen LogP contribution >= 0.6 is 15.9 Å². The summed E-state index contributed by atoms with van der Waals surface area (Å²) in [4.78, 5) is 11.8. The first kappa shape index (κ1) is 17.2. The van der Waals surface area contributed by atoms with Crippen LogP contribution in [0.2, 0.25) is 0 Å². The Bertz CT molecular complexity index is 931. The van der Waals surface area contributed by atoms with Gasteiger partial charge in [0.25, 0.3) is 0 Å². The van der Waals surface area contributed by atoms with Crippen molar-refractivity contribution in [3.05, 3.63) is 77.9 Å². The SMILES string of the molecule is COC(=O)/C(=C/c1ccccc1Oc1ccc2ccccc2c1)CBr. The first-order valence-corrected chi connectivity index (χ1v) is 8.94. The zero-order valence-corrected chi connectivity index (χ0v) is 15.3. The van der Waals surface area contributed by atoms with Gasteiger partial charge >= 0.3 is 5.97 Å². The minimum Gasteiger partial charge on any atom is -0.466 e. The van der Waals surface area contributed by atoms with E-state index in [9.17, 15) is 4.79 Å². The number of para-hydroxylation sites is 1. The molecule has 0 aromatic heterocycles. The largest absolute Gasteiger partial charge is 0.466 e. The third-order valence-corrected chi connectivity index (χ3v) is 4.39. The number of carbonyl (C=O) groups is 1. The predicted molar refractivity (Wildman–Crippen MR) is 104 cm³/mol. The second-order valence-corrected chi connectivity index (χ2v) is 6.00. The zero-order valence-electron chi connectivity index (χ0n) is 13.7. The maximum absolute atomic E-state index is 11.8. The van der Waals surface area contributed by atoms with E-state index >= 15 is 0 Å². The number of halogens is 1. The first-order chi connectivity index (χ1) is 12.2. The molecule has 0 spiro atoms. The third kappa shape index (κ3) is 4.09. The van der Waals surface area contributed by atoms with Crippen LogP contribution in [0.4, 0.5) is 0 Å². The van der Waals surface area contributed by atoms with Gasteiger partial charge in [0.05, 0.1) is 7.11 Å². The summed E-state index contributed by atoms with van der Waals surface area (Å²) < 4.78 is 10.9. The summed E-state index contributed by atoms with van der Waals surface area (Å²) in [7, 11) is 1.37. The van der Waals surface area contributed by atoms with Crippen LogP contribution in [-0.2, 0) is 9.53 Å². The smallest absolute Gasteiger partial charge is 0.334 e. The van der Waals surface area contributed by atoms with Crippen molar-refractivity contribution in [3.8, 4) is 11.5 Å². The normalized spacial score (nSPS) is 11.4. The van der Waals surface area contributed by atoms with Crippen LogP contribution in [0.3, 0.4) is 0 Å². The van der Waals surface area contributed by atoms with Gasteiger partial charge in [-0.2, -0.15) is 0 Å². The molecule has 3 nitrogen and oxygen atoms in total. The minimum atomic E-state index is -0.364. The van der Waals surface area contributed by atoms with Gasteiger partial charge in [-0.3, -0.25) is 0 Å². The Kier molecular flexibility index (Phi) is 5.51. The van der Waals surface area contributed by atoms with E-state index in [1.807, 2.05) is 60.7 Å². The molecule has 0 amide bonds. The molecule has 0 saturated heterocycles. The van der Waals surface area contributed by atoms with Crippen LogP contribution in [0, 0.1) is 0 Å². The summed E-state index contributed by atoms with van der Waals surface area (Å²) in [5.74, 6) is 1.07. The molecule has 0 aliphatic rings. The van der Waals surface area contributed by atoms with Crippen molar-refractivity contribution < 1.29 is 14.3 Å². The molecular weight excluding hydrogens is 380 g/mol. The van der Waals surface area contributed by atoms with Crippen molar-refractivity contribution in [2.24, 2.45) is 0 Å². The van der Waals surface area contributed by atoms with Gasteiger partial charge < -0.3 is 9.47 Å². The molecule has 0 unspecified atom stereocenters. The van der Waals surface area contributed by atoms with Gasteiger partial charge in [-0.05, 0) is 35.0 Å². The van der Waals surface area contributed by atoms with Gasteiger partial charge in [0, 0.05) is 16.5 Å². The molecule has 3 aromatic carbocycles. The molecule has 0 fully saturated rings. The van der Waals surface area contributed by atoms with Gasteiger partial charge in [-0.1, -0.05) is 64.5 Å². The van der Waals surface area contributed by atoms with Gasteiger partial charge in [-0.15, -0.1) is 0 Å². The zero-order chi connectivity index (χ0) is 17.6. The molecule has 0 radical (unpaired) electrons. The molecule has 0 aliphatic carbocycles. The van der Waals surface area contributed by atoms with Crippen LogP contribution in [0.5, 0.6) is 11.5 Å². The van der Waals surface area contributed by atoms with E-state index in [2.05, 4.69) is 22.0 Å². The highest BCUT2D eigenvalue weighted by molar-refractivity contribution is 9.09. The van der Waals surface area contributed by atoms with E-state index < -0.39 is 0 Å². The van der Waals surface area contributed by atoms with E-state index in [0.717, 1.165) is 22.1 Å². The molecule has 4 heteroatoms. The monoisotopic (exact) mass is 396 g/mol. The highest BCUT2D eigenvalue weighted by Gasteiger charge is 2.10. The first-order valence-electron chi connectivity index (χ1n) is 7.82. The van der Waals surface area contributed by atoms with E-state index in [4.69, 9.17) is 9.47 Å². The standard InChI is InChI=1S/C21H17BrO3/c1-24-21(23)18(14-22)12-17-8-4-5-9-20(17)25-19-11-10-15-6-2-3-7-16(15)13-19/h2-13H,14H2,1H3/b18-12+. The number of benzene rings is 3. The van der Waals surface area contributed by atoms with E-state index in [1.165, 1.54) is 7.11 Å². The topological polar surface area (TPSA) is 35.5 Å². The maximum atomic E-state index is 11.8. The number of hydrogen-bond donors (Lipinski definition) is 0. The lowest BCUT2D eigenvalue weighted by atomic mass is 10.1. The van der Waals surface area contributed by atoms with Gasteiger partial charge in [-0.25, -0.2) is 4.79 Å². The fraction of sp³-hybridized carbons (Fsp3) is 0.0952. The van der Waals surface area contributed by atoms with E-state index in [1.54, 1.807) is 6.08 Å². The second-order valence-electron chi connectivity index (χ2n) is 5.44. The van der Waals surface area contributed by atoms with Gasteiger partial charge in [0.2, 0.25) is 0 Å². The number of rotatable bonds is 5. The van der Waals surface area contributed by atoms with Crippen molar-refractivity contribution in [1.29, 1.82) is 0 Å². The second kappa shape index (κ2) is 7.99. The van der Waals surface area contributed by atoms with Crippen molar-refractivity contribution in [2.45, 2.75) is 0 Å². The van der Waals surface area contributed by atoms with E-state index in [0.29, 0.717) is 16.7 Å². The van der Waals surface area contributed by atoms with E-state index in [-0.39, 0.29) is 5.97 Å². The average Bonchev–Trinajstić information content (AvgIpc) is 2.66. The van der Waals surface area contributed by atoms with Crippen molar-refractivity contribution in [3.63, 3.8) is 0 Å². The molecule has 0 atom stereocenters. The summed E-state index contributed by atoms with van der Waals surface area (Å²) in [5, 5.41) is 2.68. The molecule has 0 bridgehead atoms. The number of esters is 1. The number of hydrogen-bond acceptors (Lipinski definition) is 3. The summed E-state index contributed by atoms with van der Waals surface area (Å²) in [6.07, 6.45) is 1.77. The Morgan fingerprint density at radius 1 is 1.00 bits per heavy atom. The minimum absolute atomic E-state index is 0.364. The Morgan fingerprint density at radius 3 is 2.48 bits per heavy atom. The van der Waals surface area contributed by atoms with Crippen molar-refractivity contribution in [1.82, 2.24) is 0 Å². The molecule has 126 valence electrons. The average molecular weight is 397 g/mol. The number of carbonyl (C=O) groups excluding carboxylic acids is 1. The van der Waals surface area contributed by atoms with Crippen LogP contribution < -0.4 is 4.74 Å². The molecule has 0 aliphatic heterocycles. The third-order valence-electron chi connectivity index (χ3n) is 3.79. The molecule has 0 N–H and O–H groups in total. The summed E-state index contributed by atoms with van der Waals surface area (Å²) >= 11 is 3.32. The number of ether oxygens (including phenoxy) is 2. The number of alkyl halides is 1. The molecule has 0 heterocycles. The Balaban J connectivity index is 1.94. The summed E-state index contributed by atoms with van der Waals surface area (Å²) in [5.41, 5.74) is 1.34. The van der Waals surface area contributed by atoms with Crippen LogP contribution in [-0.4, -0.2) is 18.4 Å². The van der Waals surface area contributed by atoms with Crippen LogP contribution in [0.1, 0.15) is 5.56 Å². The molecule has 3 aromatic rings. The Morgan fingerprint density at radius 2 is 1.72 bits per heavy atom. The van der Waals surface area contributed by atoms with Crippen LogP contribution in [0.15, 0.2) is 72.3 Å². The lowest BCUT2D eigenvalue weighted by molar-refractivity contribution is -0.135. The van der Waals surface area contributed by atoms with Crippen molar-refractivity contribution in [2.75, 3.05) is 12.4 Å². The van der Waals surface area contributed by atoms with Gasteiger partial charge in [0.1, 0.15) is 11.5 Å². The number of methoxy groups -OCH3 is 1. The summed E-state index contributed by atoms with van der Waals surface area (Å²) in [6, 6.07) is 21.7. The van der Waals surface area contributed by atoms with Gasteiger partial charge in [0.15, 0.2) is 0 Å².